The quantitative estimate of drug-likeness (QED) is 0.942. The normalized spacial score (nSPS) is 10.0. The monoisotopic (exact) mass is 293 g/mol. The molecule has 88 valence electrons. The smallest absolute Gasteiger partial charge is 0.139 e. The molecule has 0 radical (unpaired) electrons. The van der Waals surface area contributed by atoms with Crippen LogP contribution in [-0.2, 0) is 6.61 Å². The summed E-state index contributed by atoms with van der Waals surface area (Å²) in [6.07, 6.45) is 3.39. The van der Waals surface area contributed by atoms with Crippen LogP contribution in [0.15, 0.2) is 41.1 Å². The van der Waals surface area contributed by atoms with E-state index in [0.717, 1.165) is 21.7 Å². The Kier molecular flexibility index (Phi) is 3.93. The highest BCUT2D eigenvalue weighted by Gasteiger charge is 1.99. The molecule has 4 nitrogen and oxygen atoms in total. The summed E-state index contributed by atoms with van der Waals surface area (Å²) in [7, 11) is 1.84. The van der Waals surface area contributed by atoms with Crippen molar-refractivity contribution in [2.24, 2.45) is 0 Å². The molecule has 0 bridgehead atoms. The lowest BCUT2D eigenvalue weighted by Crippen LogP contribution is -2.01. The van der Waals surface area contributed by atoms with Gasteiger partial charge in [0, 0.05) is 17.7 Å². The first-order valence-electron chi connectivity index (χ1n) is 5.15. The summed E-state index contributed by atoms with van der Waals surface area (Å²) in [5, 5.41) is 2.99. The fourth-order valence-corrected chi connectivity index (χ4v) is 1.67. The molecule has 0 aliphatic rings. The van der Waals surface area contributed by atoms with Crippen molar-refractivity contribution in [2.75, 3.05) is 12.4 Å². The molecule has 0 atom stereocenters. The number of hydrogen-bond donors (Lipinski definition) is 1. The Morgan fingerprint density at radius 1 is 1.35 bits per heavy atom. The van der Waals surface area contributed by atoms with Gasteiger partial charge in [-0.25, -0.2) is 4.98 Å². The van der Waals surface area contributed by atoms with E-state index in [0.29, 0.717) is 6.61 Å². The molecule has 5 heteroatoms. The van der Waals surface area contributed by atoms with Gasteiger partial charge in [0.05, 0.1) is 11.9 Å². The number of halogens is 1. The molecule has 0 aliphatic heterocycles. The van der Waals surface area contributed by atoms with E-state index in [-0.39, 0.29) is 0 Å². The van der Waals surface area contributed by atoms with E-state index in [1.54, 1.807) is 12.4 Å². The lowest BCUT2D eigenvalue weighted by molar-refractivity contribution is 0.300. The molecule has 0 unspecified atom stereocenters. The summed E-state index contributed by atoms with van der Waals surface area (Å²) in [6, 6.07) is 7.64. The second-order valence-corrected chi connectivity index (χ2v) is 4.31. The van der Waals surface area contributed by atoms with Crippen molar-refractivity contribution in [3.8, 4) is 5.75 Å². The van der Waals surface area contributed by atoms with Crippen molar-refractivity contribution in [1.29, 1.82) is 0 Å². The van der Waals surface area contributed by atoms with Crippen LogP contribution in [0.25, 0.3) is 0 Å². The van der Waals surface area contributed by atoms with E-state index in [4.69, 9.17) is 4.74 Å². The van der Waals surface area contributed by atoms with E-state index in [1.165, 1.54) is 0 Å². The molecule has 1 N–H and O–H groups in total. The van der Waals surface area contributed by atoms with Gasteiger partial charge in [0.1, 0.15) is 18.2 Å². The van der Waals surface area contributed by atoms with Crippen LogP contribution < -0.4 is 10.1 Å². The van der Waals surface area contributed by atoms with Crippen LogP contribution in [0.4, 0.5) is 5.82 Å². The molecule has 0 fully saturated rings. The van der Waals surface area contributed by atoms with Gasteiger partial charge in [0.25, 0.3) is 0 Å². The third-order valence-electron chi connectivity index (χ3n) is 2.13. The minimum Gasteiger partial charge on any atom is -0.486 e. The van der Waals surface area contributed by atoms with Gasteiger partial charge in [-0.05, 0) is 34.1 Å². The van der Waals surface area contributed by atoms with Crippen molar-refractivity contribution in [1.82, 2.24) is 9.97 Å². The lowest BCUT2D eigenvalue weighted by Gasteiger charge is -2.06. The van der Waals surface area contributed by atoms with Crippen molar-refractivity contribution < 1.29 is 4.74 Å². The number of rotatable bonds is 4. The van der Waals surface area contributed by atoms with Crippen molar-refractivity contribution in [3.63, 3.8) is 0 Å². The molecule has 2 aromatic rings. The summed E-state index contributed by atoms with van der Waals surface area (Å²) in [5.74, 6) is 1.55. The molecule has 0 aromatic carbocycles. The first-order chi connectivity index (χ1) is 8.28. The van der Waals surface area contributed by atoms with Gasteiger partial charge in [0.15, 0.2) is 0 Å². The number of nitrogens with zero attached hydrogens (tertiary/aromatic N) is 2. The van der Waals surface area contributed by atoms with Crippen LogP contribution >= 0.6 is 15.9 Å². The van der Waals surface area contributed by atoms with Gasteiger partial charge in [-0.2, -0.15) is 0 Å². The first-order valence-corrected chi connectivity index (χ1v) is 5.94. The van der Waals surface area contributed by atoms with Crippen LogP contribution in [-0.4, -0.2) is 17.0 Å². The second-order valence-electron chi connectivity index (χ2n) is 3.39. The maximum absolute atomic E-state index is 5.59. The van der Waals surface area contributed by atoms with Gasteiger partial charge < -0.3 is 10.1 Å². The van der Waals surface area contributed by atoms with Crippen molar-refractivity contribution in [3.05, 3.63) is 46.8 Å². The Bertz CT molecular complexity index is 505. The summed E-state index contributed by atoms with van der Waals surface area (Å²) in [4.78, 5) is 8.39. The third-order valence-corrected chi connectivity index (χ3v) is 2.56. The Morgan fingerprint density at radius 3 is 3.00 bits per heavy atom. The second kappa shape index (κ2) is 5.63. The SMILES string of the molecule is CNc1cccc(COc2cncc(Br)c2)n1. The molecule has 17 heavy (non-hydrogen) atoms. The van der Waals surface area contributed by atoms with Crippen LogP contribution in [0, 0.1) is 0 Å². The van der Waals surface area contributed by atoms with Crippen LogP contribution in [0.2, 0.25) is 0 Å². The van der Waals surface area contributed by atoms with Gasteiger partial charge in [-0.1, -0.05) is 6.07 Å². The number of pyridine rings is 2. The van der Waals surface area contributed by atoms with E-state index >= 15 is 0 Å². The zero-order chi connectivity index (χ0) is 12.1. The highest BCUT2D eigenvalue weighted by molar-refractivity contribution is 9.10. The number of anilines is 1. The van der Waals surface area contributed by atoms with E-state index in [2.05, 4.69) is 31.2 Å². The highest BCUT2D eigenvalue weighted by atomic mass is 79.9. The number of nitrogens with one attached hydrogen (secondary N) is 1. The maximum Gasteiger partial charge on any atom is 0.139 e. The summed E-state index contributed by atoms with van der Waals surface area (Å²) in [6.45, 7) is 0.424. The largest absolute Gasteiger partial charge is 0.486 e. The average molecular weight is 294 g/mol. The third kappa shape index (κ3) is 3.42. The van der Waals surface area contributed by atoms with Crippen molar-refractivity contribution >= 4 is 21.7 Å². The molecular formula is C12H12BrN3O. The van der Waals surface area contributed by atoms with E-state index in [1.807, 2.05) is 31.3 Å². The molecular weight excluding hydrogens is 282 g/mol. The standard InChI is InChI=1S/C12H12BrN3O/c1-14-12-4-2-3-10(16-12)8-17-11-5-9(13)6-15-7-11/h2-7H,8H2,1H3,(H,14,16). The van der Waals surface area contributed by atoms with Crippen LogP contribution in [0.1, 0.15) is 5.69 Å². The Morgan fingerprint density at radius 2 is 2.24 bits per heavy atom. The molecule has 0 aliphatic carbocycles. The Labute approximate surface area is 108 Å². The fourth-order valence-electron chi connectivity index (χ4n) is 1.33. The maximum atomic E-state index is 5.59. The van der Waals surface area contributed by atoms with E-state index < -0.39 is 0 Å². The molecule has 0 saturated heterocycles. The topological polar surface area (TPSA) is 47.0 Å². The van der Waals surface area contributed by atoms with Crippen molar-refractivity contribution in [2.45, 2.75) is 6.61 Å². The predicted molar refractivity (Wildman–Crippen MR) is 70.1 cm³/mol. The summed E-state index contributed by atoms with van der Waals surface area (Å²) >= 11 is 3.34. The molecule has 2 rings (SSSR count). The fraction of sp³-hybridized carbons (Fsp3) is 0.167. The number of aromatic nitrogens is 2. The summed E-state index contributed by atoms with van der Waals surface area (Å²) in [5.41, 5.74) is 0.872. The minimum atomic E-state index is 0.424. The molecule has 0 spiro atoms. The van der Waals surface area contributed by atoms with Gasteiger partial charge in [-0.3, -0.25) is 4.98 Å². The number of ether oxygens (including phenoxy) is 1. The molecule has 0 saturated carbocycles. The Balaban J connectivity index is 2.02. The van der Waals surface area contributed by atoms with E-state index in [9.17, 15) is 0 Å². The zero-order valence-electron chi connectivity index (χ0n) is 9.35. The highest BCUT2D eigenvalue weighted by Crippen LogP contribution is 2.17. The lowest BCUT2D eigenvalue weighted by atomic mass is 10.3. The first kappa shape index (κ1) is 11.9. The average Bonchev–Trinajstić information content (AvgIpc) is 2.37. The predicted octanol–water partition coefficient (Wildman–Crippen LogP) is 2.86. The van der Waals surface area contributed by atoms with Crippen LogP contribution in [0.5, 0.6) is 5.75 Å². The van der Waals surface area contributed by atoms with Gasteiger partial charge >= 0.3 is 0 Å². The number of hydrogen-bond acceptors (Lipinski definition) is 4. The zero-order valence-corrected chi connectivity index (χ0v) is 10.9. The molecule has 2 heterocycles. The molecule has 2 aromatic heterocycles. The molecule has 0 amide bonds. The summed E-state index contributed by atoms with van der Waals surface area (Å²) < 4.78 is 6.48. The van der Waals surface area contributed by atoms with Crippen LogP contribution in [0.3, 0.4) is 0 Å². The van der Waals surface area contributed by atoms with Gasteiger partial charge in [-0.15, -0.1) is 0 Å². The van der Waals surface area contributed by atoms with Gasteiger partial charge in [0.2, 0.25) is 0 Å². The minimum absolute atomic E-state index is 0.424. The Hall–Kier alpha value is -1.62.